The third-order valence-corrected chi connectivity index (χ3v) is 7.92. The summed E-state index contributed by atoms with van der Waals surface area (Å²) in [5, 5.41) is 3.10. The van der Waals surface area contributed by atoms with Crippen LogP contribution in [0.3, 0.4) is 0 Å². The molecular formula is C27H38N4O4. The molecule has 35 heavy (non-hydrogen) atoms. The standard InChI is InChI=1S/C27H38N4O4/c1-18(2)9-12-27(25(34)31(26(35)28-27)16-15-29(3)4)19-10-13-30(14-11-19)24(33)22-17-23(32)21-8-6-5-7-20(21)22/h5-8,18-19,22H,9-17H2,1-4H3,(H,28,35). The summed E-state index contributed by atoms with van der Waals surface area (Å²) >= 11 is 0. The molecule has 4 amide bonds. The molecule has 0 aromatic heterocycles. The van der Waals surface area contributed by atoms with Crippen LogP contribution < -0.4 is 5.32 Å². The van der Waals surface area contributed by atoms with Gasteiger partial charge in [0.15, 0.2) is 5.78 Å². The average Bonchev–Trinajstić information content (AvgIpc) is 3.30. The summed E-state index contributed by atoms with van der Waals surface area (Å²) in [4.78, 5) is 57.5. The maximum atomic E-state index is 13.7. The maximum Gasteiger partial charge on any atom is 0.325 e. The second kappa shape index (κ2) is 10.1. The molecule has 2 unspecified atom stereocenters. The van der Waals surface area contributed by atoms with Crippen LogP contribution in [0.1, 0.15) is 67.8 Å². The van der Waals surface area contributed by atoms with E-state index in [0.29, 0.717) is 56.9 Å². The molecule has 2 fully saturated rings. The molecule has 0 bridgehead atoms. The lowest BCUT2D eigenvalue weighted by Gasteiger charge is -2.41. The van der Waals surface area contributed by atoms with Gasteiger partial charge in [-0.1, -0.05) is 38.1 Å². The first-order valence-electron chi connectivity index (χ1n) is 12.8. The predicted molar refractivity (Wildman–Crippen MR) is 133 cm³/mol. The number of benzene rings is 1. The van der Waals surface area contributed by atoms with Crippen molar-refractivity contribution in [3.05, 3.63) is 35.4 Å². The number of Topliss-reactive ketones (excluding diaryl/α,β-unsaturated/α-hetero) is 1. The highest BCUT2D eigenvalue weighted by molar-refractivity contribution is 6.08. The third kappa shape index (κ3) is 4.85. The molecule has 8 heteroatoms. The summed E-state index contributed by atoms with van der Waals surface area (Å²) < 4.78 is 0. The average molecular weight is 483 g/mol. The van der Waals surface area contributed by atoms with E-state index in [1.807, 2.05) is 42.1 Å². The van der Waals surface area contributed by atoms with Crippen LogP contribution in [0.5, 0.6) is 0 Å². The lowest BCUT2D eigenvalue weighted by Crippen LogP contribution is -2.57. The number of nitrogens with one attached hydrogen (secondary N) is 1. The zero-order valence-corrected chi connectivity index (χ0v) is 21.4. The van der Waals surface area contributed by atoms with Crippen molar-refractivity contribution in [3.8, 4) is 0 Å². The summed E-state index contributed by atoms with van der Waals surface area (Å²) in [6, 6.07) is 7.08. The van der Waals surface area contributed by atoms with Gasteiger partial charge in [0.1, 0.15) is 5.54 Å². The number of amides is 4. The first-order valence-corrected chi connectivity index (χ1v) is 12.8. The van der Waals surface area contributed by atoms with Crippen LogP contribution in [0, 0.1) is 11.8 Å². The van der Waals surface area contributed by atoms with E-state index >= 15 is 0 Å². The monoisotopic (exact) mass is 482 g/mol. The molecule has 0 saturated carbocycles. The molecule has 1 aromatic carbocycles. The highest BCUT2D eigenvalue weighted by atomic mass is 16.2. The molecule has 2 heterocycles. The minimum atomic E-state index is -0.904. The Hall–Kier alpha value is -2.74. The zero-order chi connectivity index (χ0) is 25.3. The van der Waals surface area contributed by atoms with Crippen LogP contribution in [0.2, 0.25) is 0 Å². The first kappa shape index (κ1) is 25.4. The Kier molecular flexibility index (Phi) is 7.31. The number of urea groups is 1. The number of nitrogens with zero attached hydrogens (tertiary/aromatic N) is 3. The van der Waals surface area contributed by atoms with Crippen molar-refractivity contribution in [1.82, 2.24) is 20.0 Å². The van der Waals surface area contributed by atoms with Crippen LogP contribution in [-0.4, -0.2) is 84.1 Å². The number of carbonyl (C=O) groups excluding carboxylic acids is 4. The second-order valence-electron chi connectivity index (χ2n) is 11.0. The van der Waals surface area contributed by atoms with E-state index < -0.39 is 11.5 Å². The van der Waals surface area contributed by atoms with E-state index in [2.05, 4.69) is 19.2 Å². The molecule has 2 atom stereocenters. The minimum Gasteiger partial charge on any atom is -0.342 e. The zero-order valence-electron chi connectivity index (χ0n) is 21.4. The van der Waals surface area contributed by atoms with Crippen molar-refractivity contribution < 1.29 is 19.2 Å². The van der Waals surface area contributed by atoms with Gasteiger partial charge >= 0.3 is 6.03 Å². The molecule has 0 radical (unpaired) electrons. The summed E-state index contributed by atoms with van der Waals surface area (Å²) in [6.45, 7) is 6.30. The number of imide groups is 1. The molecule has 3 aliphatic rings. The number of likely N-dealkylation sites (tertiary alicyclic amines) is 1. The van der Waals surface area contributed by atoms with Gasteiger partial charge in [-0.15, -0.1) is 0 Å². The van der Waals surface area contributed by atoms with Gasteiger partial charge in [0.25, 0.3) is 5.91 Å². The number of ketones is 1. The number of rotatable bonds is 8. The Morgan fingerprint density at radius 1 is 1.14 bits per heavy atom. The van der Waals surface area contributed by atoms with Gasteiger partial charge in [-0.05, 0) is 57.2 Å². The van der Waals surface area contributed by atoms with Gasteiger partial charge in [0.2, 0.25) is 5.91 Å². The maximum absolute atomic E-state index is 13.7. The molecular weight excluding hydrogens is 444 g/mol. The molecule has 2 aliphatic heterocycles. The van der Waals surface area contributed by atoms with Gasteiger partial charge in [0, 0.05) is 38.2 Å². The Bertz CT molecular complexity index is 999. The van der Waals surface area contributed by atoms with Crippen LogP contribution in [0.4, 0.5) is 4.79 Å². The molecule has 0 spiro atoms. The first-order chi connectivity index (χ1) is 16.6. The van der Waals surface area contributed by atoms with Crippen LogP contribution in [0.25, 0.3) is 0 Å². The van der Waals surface area contributed by atoms with Crippen molar-refractivity contribution in [3.63, 3.8) is 0 Å². The Morgan fingerprint density at radius 2 is 1.83 bits per heavy atom. The van der Waals surface area contributed by atoms with E-state index in [1.54, 1.807) is 6.07 Å². The normalized spacial score (nSPS) is 25.1. The van der Waals surface area contributed by atoms with E-state index in [0.717, 1.165) is 12.0 Å². The number of likely N-dealkylation sites (N-methyl/N-ethyl adjacent to an activating group) is 1. The molecule has 1 aliphatic carbocycles. The predicted octanol–water partition coefficient (Wildman–Crippen LogP) is 2.88. The summed E-state index contributed by atoms with van der Waals surface area (Å²) in [5.74, 6) is -0.131. The number of piperidine rings is 1. The molecule has 8 nitrogen and oxygen atoms in total. The Morgan fingerprint density at radius 3 is 2.49 bits per heavy atom. The van der Waals surface area contributed by atoms with E-state index in [1.165, 1.54) is 4.90 Å². The van der Waals surface area contributed by atoms with Crippen molar-refractivity contribution >= 4 is 23.6 Å². The summed E-state index contributed by atoms with van der Waals surface area (Å²) in [5.41, 5.74) is 0.580. The van der Waals surface area contributed by atoms with Crippen molar-refractivity contribution in [2.24, 2.45) is 11.8 Å². The molecule has 1 N–H and O–H groups in total. The smallest absolute Gasteiger partial charge is 0.325 e. The lowest BCUT2D eigenvalue weighted by molar-refractivity contribution is -0.137. The van der Waals surface area contributed by atoms with Crippen molar-refractivity contribution in [1.29, 1.82) is 0 Å². The SMILES string of the molecule is CC(C)CCC1(C2CCN(C(=O)C3CC(=O)c4ccccc43)CC2)NC(=O)N(CCN(C)C)C1=O. The fourth-order valence-electron chi connectivity index (χ4n) is 5.81. The minimum absolute atomic E-state index is 0.00706. The van der Waals surface area contributed by atoms with Gasteiger partial charge in [0.05, 0.1) is 5.92 Å². The highest BCUT2D eigenvalue weighted by Gasteiger charge is 2.55. The fourth-order valence-corrected chi connectivity index (χ4v) is 5.81. The van der Waals surface area contributed by atoms with Gasteiger partial charge in [-0.2, -0.15) is 0 Å². The van der Waals surface area contributed by atoms with Gasteiger partial charge in [-0.3, -0.25) is 19.3 Å². The number of hydrogen-bond donors (Lipinski definition) is 1. The molecule has 190 valence electrons. The Labute approximate surface area is 208 Å². The number of fused-ring (bicyclic) bond motifs is 1. The topological polar surface area (TPSA) is 90.0 Å². The van der Waals surface area contributed by atoms with Crippen molar-refractivity contribution in [2.75, 3.05) is 40.3 Å². The van der Waals surface area contributed by atoms with Crippen LogP contribution >= 0.6 is 0 Å². The summed E-state index contributed by atoms with van der Waals surface area (Å²) in [6.07, 6.45) is 2.98. The Balaban J connectivity index is 1.47. The third-order valence-electron chi connectivity index (χ3n) is 7.92. The van der Waals surface area contributed by atoms with Crippen LogP contribution in [-0.2, 0) is 9.59 Å². The molecule has 2 saturated heterocycles. The van der Waals surface area contributed by atoms with Crippen LogP contribution in [0.15, 0.2) is 24.3 Å². The second-order valence-corrected chi connectivity index (χ2v) is 11.0. The van der Waals surface area contributed by atoms with Crippen molar-refractivity contribution in [2.45, 2.75) is 57.4 Å². The van der Waals surface area contributed by atoms with E-state index in [4.69, 9.17) is 0 Å². The largest absolute Gasteiger partial charge is 0.342 e. The number of hydrogen-bond acceptors (Lipinski definition) is 5. The molecule has 4 rings (SSSR count). The fraction of sp³-hybridized carbons (Fsp3) is 0.630. The number of carbonyl (C=O) groups is 4. The van der Waals surface area contributed by atoms with E-state index in [-0.39, 0.29) is 36.0 Å². The molecule has 1 aromatic rings. The highest BCUT2D eigenvalue weighted by Crippen LogP contribution is 2.40. The van der Waals surface area contributed by atoms with E-state index in [9.17, 15) is 19.2 Å². The van der Waals surface area contributed by atoms with Gasteiger partial charge < -0.3 is 15.1 Å². The quantitative estimate of drug-likeness (QED) is 0.576. The van der Waals surface area contributed by atoms with Gasteiger partial charge in [-0.25, -0.2) is 4.79 Å². The summed E-state index contributed by atoms with van der Waals surface area (Å²) in [7, 11) is 3.85. The lowest BCUT2D eigenvalue weighted by atomic mass is 9.73.